The first-order chi connectivity index (χ1) is 7.57. The molecule has 0 aromatic heterocycles. The zero-order valence-corrected chi connectivity index (χ0v) is 9.99. The molecule has 0 radical (unpaired) electrons. The smallest absolute Gasteiger partial charge is 0.296 e. The molecule has 0 aliphatic carbocycles. The summed E-state index contributed by atoms with van der Waals surface area (Å²) in [5.74, 6) is -1.07. The fourth-order valence-electron chi connectivity index (χ4n) is 1.10. The Bertz CT molecular complexity index is 643. The van der Waals surface area contributed by atoms with Gasteiger partial charge in [-0.1, -0.05) is 0 Å². The predicted octanol–water partition coefficient (Wildman–Crippen LogP) is -0.106. The maximum atomic E-state index is 10.9. The average molecular weight is 284 g/mol. The second-order valence-corrected chi connectivity index (χ2v) is 5.70. The molecule has 0 saturated carbocycles. The van der Waals surface area contributed by atoms with Crippen molar-refractivity contribution in [3.05, 3.63) is 12.1 Å². The Kier molecular flexibility index (Phi) is 3.34. The third-order valence-electron chi connectivity index (χ3n) is 1.80. The van der Waals surface area contributed by atoms with Gasteiger partial charge in [0.25, 0.3) is 20.2 Å². The molecule has 0 heterocycles. The van der Waals surface area contributed by atoms with E-state index in [0.717, 1.165) is 7.11 Å². The summed E-state index contributed by atoms with van der Waals surface area (Å²) >= 11 is 0. The molecule has 0 saturated heterocycles. The largest absolute Gasteiger partial charge is 0.504 e. The highest BCUT2D eigenvalue weighted by atomic mass is 32.2. The summed E-state index contributed by atoms with van der Waals surface area (Å²) in [5.41, 5.74) is 0. The molecule has 0 bridgehead atoms. The molecule has 96 valence electrons. The van der Waals surface area contributed by atoms with E-state index < -0.39 is 35.8 Å². The summed E-state index contributed by atoms with van der Waals surface area (Å²) in [7, 11) is -8.72. The van der Waals surface area contributed by atoms with E-state index in [-0.39, 0.29) is 5.75 Å². The summed E-state index contributed by atoms with van der Waals surface area (Å²) in [6.07, 6.45) is 0. The molecule has 0 aliphatic rings. The van der Waals surface area contributed by atoms with Gasteiger partial charge >= 0.3 is 0 Å². The van der Waals surface area contributed by atoms with E-state index in [2.05, 4.69) is 4.74 Å². The molecule has 0 spiro atoms. The zero-order valence-electron chi connectivity index (χ0n) is 8.35. The lowest BCUT2D eigenvalue weighted by Crippen LogP contribution is -2.08. The molecular weight excluding hydrogens is 276 g/mol. The van der Waals surface area contributed by atoms with Gasteiger partial charge in [-0.05, 0) is 0 Å². The van der Waals surface area contributed by atoms with Crippen LogP contribution in [0, 0.1) is 0 Å². The number of hydrogen-bond acceptors (Lipinski definition) is 6. The fraction of sp³-hybridized carbons (Fsp3) is 0.143. The van der Waals surface area contributed by atoms with E-state index in [4.69, 9.17) is 9.11 Å². The molecule has 1 rings (SSSR count). The summed E-state index contributed by atoms with van der Waals surface area (Å²) in [5, 5.41) is 9.27. The lowest BCUT2D eigenvalue weighted by atomic mass is 10.3. The first kappa shape index (κ1) is 13.7. The van der Waals surface area contributed by atoms with Crippen LogP contribution in [-0.2, 0) is 20.2 Å². The molecule has 0 atom stereocenters. The highest BCUT2D eigenvalue weighted by Gasteiger charge is 2.26. The van der Waals surface area contributed by atoms with Gasteiger partial charge in [0.05, 0.1) is 7.11 Å². The fourth-order valence-corrected chi connectivity index (χ4v) is 2.87. The quantitative estimate of drug-likeness (QED) is 0.654. The number of ether oxygens (including phenoxy) is 1. The van der Waals surface area contributed by atoms with Gasteiger partial charge in [-0.2, -0.15) is 16.8 Å². The van der Waals surface area contributed by atoms with Crippen molar-refractivity contribution in [2.45, 2.75) is 9.79 Å². The summed E-state index contributed by atoms with van der Waals surface area (Å²) in [6.45, 7) is 0. The third kappa shape index (κ3) is 2.85. The normalized spacial score (nSPS) is 12.4. The minimum Gasteiger partial charge on any atom is -0.504 e. The summed E-state index contributed by atoms with van der Waals surface area (Å²) in [4.78, 5) is -2.23. The van der Waals surface area contributed by atoms with Crippen LogP contribution in [-0.4, -0.2) is 38.2 Å². The molecule has 0 amide bonds. The van der Waals surface area contributed by atoms with Crippen molar-refractivity contribution in [1.82, 2.24) is 0 Å². The van der Waals surface area contributed by atoms with Crippen LogP contribution in [0.15, 0.2) is 21.9 Å². The molecule has 1 aromatic rings. The SMILES string of the molecule is COc1cc(S(=O)(=O)O)c(S(=O)(=O)O)cc1O. The van der Waals surface area contributed by atoms with E-state index in [1.807, 2.05) is 0 Å². The second kappa shape index (κ2) is 4.14. The lowest BCUT2D eigenvalue weighted by Gasteiger charge is -2.08. The van der Waals surface area contributed by atoms with Crippen molar-refractivity contribution >= 4 is 20.2 Å². The lowest BCUT2D eigenvalue weighted by molar-refractivity contribution is 0.369. The summed E-state index contributed by atoms with van der Waals surface area (Å²) in [6, 6.07) is 1.03. The molecule has 0 unspecified atom stereocenters. The Morgan fingerprint density at radius 3 is 1.76 bits per heavy atom. The molecule has 0 aliphatic heterocycles. The Hall–Kier alpha value is -1.36. The number of phenolic OH excluding ortho intramolecular Hbond substituents is 1. The van der Waals surface area contributed by atoms with Crippen molar-refractivity contribution in [1.29, 1.82) is 0 Å². The van der Waals surface area contributed by atoms with Crippen LogP contribution in [0.3, 0.4) is 0 Å². The minimum absolute atomic E-state index is 0.370. The standard InChI is InChI=1S/C7H8O8S2/c1-15-5-3-7(17(12,13)14)6(2-4(5)8)16(9,10)11/h2-3,8H,1H3,(H,9,10,11)(H,12,13,14). The topological polar surface area (TPSA) is 138 Å². The van der Waals surface area contributed by atoms with Crippen LogP contribution in [0.5, 0.6) is 11.5 Å². The average Bonchev–Trinajstić information content (AvgIpc) is 2.14. The van der Waals surface area contributed by atoms with Crippen LogP contribution < -0.4 is 4.74 Å². The molecule has 3 N–H and O–H groups in total. The number of rotatable bonds is 3. The third-order valence-corrected chi connectivity index (χ3v) is 3.72. The Morgan fingerprint density at radius 2 is 1.41 bits per heavy atom. The molecule has 8 nitrogen and oxygen atoms in total. The molecule has 10 heteroatoms. The molecule has 0 fully saturated rings. The Labute approximate surface area is 97.0 Å². The van der Waals surface area contributed by atoms with Crippen molar-refractivity contribution < 1.29 is 35.8 Å². The van der Waals surface area contributed by atoms with Gasteiger partial charge in [-0.25, -0.2) is 0 Å². The maximum Gasteiger partial charge on any atom is 0.296 e. The van der Waals surface area contributed by atoms with Gasteiger partial charge in [0.15, 0.2) is 11.5 Å². The van der Waals surface area contributed by atoms with E-state index in [9.17, 15) is 21.9 Å². The number of phenols is 1. The van der Waals surface area contributed by atoms with Gasteiger partial charge in [0, 0.05) is 12.1 Å². The first-order valence-corrected chi connectivity index (χ1v) is 6.81. The van der Waals surface area contributed by atoms with Crippen molar-refractivity contribution in [2.24, 2.45) is 0 Å². The van der Waals surface area contributed by atoms with Gasteiger partial charge in [-0.15, -0.1) is 0 Å². The zero-order chi connectivity index (χ0) is 13.4. The molecular formula is C7H8O8S2. The van der Waals surface area contributed by atoms with Crippen molar-refractivity contribution in [2.75, 3.05) is 7.11 Å². The Balaban J connectivity index is 3.78. The predicted molar refractivity (Wildman–Crippen MR) is 54.3 cm³/mol. The molecule has 1 aromatic carbocycles. The number of methoxy groups -OCH3 is 1. The number of hydrogen-bond donors (Lipinski definition) is 3. The van der Waals surface area contributed by atoms with Crippen LogP contribution in [0.2, 0.25) is 0 Å². The van der Waals surface area contributed by atoms with E-state index >= 15 is 0 Å². The van der Waals surface area contributed by atoms with Gasteiger partial charge in [-0.3, -0.25) is 9.11 Å². The van der Waals surface area contributed by atoms with Crippen molar-refractivity contribution in [3.8, 4) is 11.5 Å². The highest BCUT2D eigenvalue weighted by Crippen LogP contribution is 2.33. The first-order valence-electron chi connectivity index (χ1n) is 3.93. The van der Waals surface area contributed by atoms with Crippen LogP contribution in [0.4, 0.5) is 0 Å². The minimum atomic E-state index is -4.92. The number of benzene rings is 1. The van der Waals surface area contributed by atoms with Gasteiger partial charge in [0.2, 0.25) is 0 Å². The highest BCUT2D eigenvalue weighted by molar-refractivity contribution is 7.89. The van der Waals surface area contributed by atoms with Crippen LogP contribution in [0.1, 0.15) is 0 Å². The Morgan fingerprint density at radius 1 is 1.00 bits per heavy atom. The van der Waals surface area contributed by atoms with Gasteiger partial charge in [0.1, 0.15) is 9.79 Å². The number of aromatic hydroxyl groups is 1. The second-order valence-electron chi connectivity index (χ2n) is 2.92. The van der Waals surface area contributed by atoms with E-state index in [1.54, 1.807) is 0 Å². The van der Waals surface area contributed by atoms with Gasteiger partial charge < -0.3 is 9.84 Å². The van der Waals surface area contributed by atoms with Crippen LogP contribution >= 0.6 is 0 Å². The van der Waals surface area contributed by atoms with Crippen molar-refractivity contribution in [3.63, 3.8) is 0 Å². The van der Waals surface area contributed by atoms with E-state index in [0.29, 0.717) is 12.1 Å². The summed E-state index contributed by atoms with van der Waals surface area (Å²) < 4.78 is 65.7. The van der Waals surface area contributed by atoms with Crippen LogP contribution in [0.25, 0.3) is 0 Å². The maximum absolute atomic E-state index is 10.9. The monoisotopic (exact) mass is 284 g/mol. The molecule has 17 heavy (non-hydrogen) atoms. The van der Waals surface area contributed by atoms with E-state index in [1.165, 1.54) is 0 Å².